The van der Waals surface area contributed by atoms with Crippen molar-refractivity contribution in [2.45, 2.75) is 23.4 Å². The number of hydrogen-bond donors (Lipinski definition) is 2. The van der Waals surface area contributed by atoms with E-state index in [-0.39, 0.29) is 28.5 Å². The highest BCUT2D eigenvalue weighted by Crippen LogP contribution is 2.48. The molecule has 0 aliphatic heterocycles. The largest absolute Gasteiger partial charge is 0.417 e. The average Bonchev–Trinajstić information content (AvgIpc) is 3.34. The van der Waals surface area contributed by atoms with Gasteiger partial charge in [0.1, 0.15) is 5.82 Å². The smallest absolute Gasteiger partial charge is 0.310 e. The third-order valence-electron chi connectivity index (χ3n) is 4.11. The Kier molecular flexibility index (Phi) is 4.49. The van der Waals surface area contributed by atoms with Gasteiger partial charge in [0.05, 0.1) is 10.5 Å². The van der Waals surface area contributed by atoms with Crippen molar-refractivity contribution < 1.29 is 26.4 Å². The third kappa shape index (κ3) is 4.02. The van der Waals surface area contributed by atoms with Gasteiger partial charge >= 0.3 is 6.18 Å². The Bertz CT molecular complexity index is 926. The summed E-state index contributed by atoms with van der Waals surface area (Å²) in [7, 11) is -3.78. The van der Waals surface area contributed by atoms with Crippen molar-refractivity contribution in [3.63, 3.8) is 0 Å². The standard InChI is InChI=1S/C16H14F3N3O3S/c17-16(18,19)10-3-6-14(21-8-10)22-15(23)13-7-12(13)9-1-4-11(5-2-9)26(20,24)25/h1-6,8,12-13H,7H2,(H2,20,24,25)(H,21,22,23). The number of halogens is 3. The van der Waals surface area contributed by atoms with Crippen LogP contribution in [0, 0.1) is 5.92 Å². The van der Waals surface area contributed by atoms with E-state index in [0.29, 0.717) is 12.6 Å². The lowest BCUT2D eigenvalue weighted by molar-refractivity contribution is -0.137. The maximum Gasteiger partial charge on any atom is 0.417 e. The summed E-state index contributed by atoms with van der Waals surface area (Å²) in [6.45, 7) is 0. The first kappa shape index (κ1) is 18.3. The number of nitrogens with one attached hydrogen (secondary N) is 1. The number of nitrogens with two attached hydrogens (primary N) is 1. The van der Waals surface area contributed by atoms with Crippen LogP contribution < -0.4 is 10.5 Å². The molecule has 3 rings (SSSR count). The maximum absolute atomic E-state index is 12.5. The van der Waals surface area contributed by atoms with Crippen molar-refractivity contribution in [1.29, 1.82) is 0 Å². The number of aromatic nitrogens is 1. The van der Waals surface area contributed by atoms with Crippen molar-refractivity contribution in [1.82, 2.24) is 4.98 Å². The molecule has 10 heteroatoms. The number of carbonyl (C=O) groups is 1. The number of alkyl halides is 3. The van der Waals surface area contributed by atoms with E-state index < -0.39 is 21.8 Å². The fourth-order valence-electron chi connectivity index (χ4n) is 2.61. The predicted octanol–water partition coefficient (Wildman–Crippen LogP) is 2.49. The van der Waals surface area contributed by atoms with Gasteiger partial charge in [-0.3, -0.25) is 4.79 Å². The molecule has 1 aromatic carbocycles. The summed E-state index contributed by atoms with van der Waals surface area (Å²) >= 11 is 0. The second-order valence-electron chi connectivity index (χ2n) is 5.98. The van der Waals surface area contributed by atoms with Crippen molar-refractivity contribution in [2.75, 3.05) is 5.32 Å². The van der Waals surface area contributed by atoms with Gasteiger partial charge in [-0.2, -0.15) is 13.2 Å². The number of nitrogens with zero attached hydrogens (tertiary/aromatic N) is 1. The number of carbonyl (C=O) groups excluding carboxylic acids is 1. The number of rotatable bonds is 4. The summed E-state index contributed by atoms with van der Waals surface area (Å²) in [6.07, 6.45) is -3.27. The number of pyridine rings is 1. The Labute approximate surface area is 147 Å². The molecule has 0 saturated heterocycles. The molecule has 1 fully saturated rings. The number of sulfonamides is 1. The van der Waals surface area contributed by atoms with Crippen LogP contribution in [0.25, 0.3) is 0 Å². The Morgan fingerprint density at radius 1 is 1.15 bits per heavy atom. The molecule has 0 radical (unpaired) electrons. The van der Waals surface area contributed by atoms with Gasteiger partial charge in [0.25, 0.3) is 0 Å². The van der Waals surface area contributed by atoms with Gasteiger partial charge in [0, 0.05) is 12.1 Å². The normalized spacial score (nSPS) is 19.8. The number of hydrogen-bond acceptors (Lipinski definition) is 4. The highest BCUT2D eigenvalue weighted by molar-refractivity contribution is 7.89. The molecule has 1 aromatic heterocycles. The number of anilines is 1. The van der Waals surface area contributed by atoms with Crippen LogP contribution in [0.3, 0.4) is 0 Å². The molecule has 2 atom stereocenters. The van der Waals surface area contributed by atoms with E-state index in [1.54, 1.807) is 12.1 Å². The van der Waals surface area contributed by atoms with E-state index in [2.05, 4.69) is 10.3 Å². The lowest BCUT2D eigenvalue weighted by atomic mass is 10.1. The molecule has 2 aromatic rings. The minimum Gasteiger partial charge on any atom is -0.310 e. The zero-order valence-corrected chi connectivity index (χ0v) is 14.0. The van der Waals surface area contributed by atoms with E-state index in [9.17, 15) is 26.4 Å². The van der Waals surface area contributed by atoms with E-state index >= 15 is 0 Å². The molecule has 26 heavy (non-hydrogen) atoms. The number of amides is 1. The van der Waals surface area contributed by atoms with Crippen molar-refractivity contribution in [2.24, 2.45) is 11.1 Å². The molecule has 1 heterocycles. The summed E-state index contributed by atoms with van der Waals surface area (Å²) in [6, 6.07) is 7.87. The Hall–Kier alpha value is -2.46. The Morgan fingerprint density at radius 3 is 2.31 bits per heavy atom. The molecular formula is C16H14F3N3O3S. The quantitative estimate of drug-likeness (QED) is 0.844. The molecule has 138 valence electrons. The average molecular weight is 385 g/mol. The molecular weight excluding hydrogens is 371 g/mol. The van der Waals surface area contributed by atoms with Crippen LogP contribution >= 0.6 is 0 Å². The van der Waals surface area contributed by atoms with E-state index in [1.807, 2.05) is 0 Å². The van der Waals surface area contributed by atoms with Gasteiger partial charge in [-0.05, 0) is 42.2 Å². The van der Waals surface area contributed by atoms with Gasteiger partial charge in [-0.25, -0.2) is 18.5 Å². The molecule has 1 aliphatic rings. The minimum absolute atomic E-state index is 0.0168. The first-order valence-electron chi connectivity index (χ1n) is 7.52. The zero-order chi connectivity index (χ0) is 19.1. The SMILES string of the molecule is NS(=O)(=O)c1ccc(C2CC2C(=O)Nc2ccc(C(F)(F)F)cn2)cc1. The van der Waals surface area contributed by atoms with Crippen LogP contribution in [0.15, 0.2) is 47.5 Å². The molecule has 6 nitrogen and oxygen atoms in total. The second kappa shape index (κ2) is 6.36. The van der Waals surface area contributed by atoms with Gasteiger partial charge in [0.2, 0.25) is 15.9 Å². The Balaban J connectivity index is 1.62. The van der Waals surface area contributed by atoms with Crippen LogP contribution in [-0.2, 0) is 21.0 Å². The summed E-state index contributed by atoms with van der Waals surface area (Å²) < 4.78 is 59.9. The predicted molar refractivity (Wildman–Crippen MR) is 86.5 cm³/mol. The van der Waals surface area contributed by atoms with Gasteiger partial charge < -0.3 is 5.32 Å². The first-order chi connectivity index (χ1) is 12.1. The topological polar surface area (TPSA) is 102 Å². The summed E-state index contributed by atoms with van der Waals surface area (Å²) in [5, 5.41) is 7.51. The fourth-order valence-corrected chi connectivity index (χ4v) is 3.13. The van der Waals surface area contributed by atoms with E-state index in [1.165, 1.54) is 12.1 Å². The molecule has 0 spiro atoms. The summed E-state index contributed by atoms with van der Waals surface area (Å²) in [5.41, 5.74) is -0.104. The molecule has 1 saturated carbocycles. The third-order valence-corrected chi connectivity index (χ3v) is 5.04. The van der Waals surface area contributed by atoms with Gasteiger partial charge in [-0.15, -0.1) is 0 Å². The van der Waals surface area contributed by atoms with Gasteiger partial charge in [-0.1, -0.05) is 12.1 Å². The van der Waals surface area contributed by atoms with Crippen molar-refractivity contribution in [3.8, 4) is 0 Å². The van der Waals surface area contributed by atoms with Crippen LogP contribution in [0.4, 0.5) is 19.0 Å². The number of benzene rings is 1. The van der Waals surface area contributed by atoms with Crippen LogP contribution in [-0.4, -0.2) is 19.3 Å². The highest BCUT2D eigenvalue weighted by atomic mass is 32.2. The lowest BCUT2D eigenvalue weighted by Crippen LogP contribution is -2.16. The monoisotopic (exact) mass is 385 g/mol. The molecule has 1 aliphatic carbocycles. The zero-order valence-electron chi connectivity index (χ0n) is 13.2. The summed E-state index contributed by atoms with van der Waals surface area (Å²) in [4.78, 5) is 15.8. The molecule has 0 bridgehead atoms. The molecule has 2 unspecified atom stereocenters. The molecule has 1 amide bonds. The van der Waals surface area contributed by atoms with E-state index in [0.717, 1.165) is 17.7 Å². The van der Waals surface area contributed by atoms with Gasteiger partial charge in [0.15, 0.2) is 0 Å². The number of primary sulfonamides is 1. The molecule has 3 N–H and O–H groups in total. The first-order valence-corrected chi connectivity index (χ1v) is 9.07. The fraction of sp³-hybridized carbons (Fsp3) is 0.250. The Morgan fingerprint density at radius 2 is 1.81 bits per heavy atom. The van der Waals surface area contributed by atoms with E-state index in [4.69, 9.17) is 5.14 Å². The van der Waals surface area contributed by atoms with Crippen LogP contribution in [0.1, 0.15) is 23.5 Å². The summed E-state index contributed by atoms with van der Waals surface area (Å²) in [5.74, 6) is -0.741. The highest BCUT2D eigenvalue weighted by Gasteiger charge is 2.44. The van der Waals surface area contributed by atoms with Crippen LogP contribution in [0.2, 0.25) is 0 Å². The van der Waals surface area contributed by atoms with Crippen molar-refractivity contribution in [3.05, 3.63) is 53.7 Å². The van der Waals surface area contributed by atoms with Crippen LogP contribution in [0.5, 0.6) is 0 Å². The minimum atomic E-state index is -4.49. The maximum atomic E-state index is 12.5. The second-order valence-corrected chi connectivity index (χ2v) is 7.54. The van der Waals surface area contributed by atoms with Crippen molar-refractivity contribution >= 4 is 21.7 Å². The lowest BCUT2D eigenvalue weighted by Gasteiger charge is -2.08.